The molecular weight excluding hydrogens is 188 g/mol. The van der Waals surface area contributed by atoms with Gasteiger partial charge in [0.2, 0.25) is 0 Å². The molecule has 0 bridgehead atoms. The maximum atomic E-state index is 11.0. The molecule has 78 valence electrons. The summed E-state index contributed by atoms with van der Waals surface area (Å²) in [5, 5.41) is 0. The third kappa shape index (κ3) is 1.34. The van der Waals surface area contributed by atoms with Crippen LogP contribution in [-0.4, -0.2) is 15.8 Å². The molecule has 0 amide bonds. The second-order valence-electron chi connectivity index (χ2n) is 4.49. The molecule has 0 aromatic carbocycles. The van der Waals surface area contributed by atoms with Crippen molar-refractivity contribution in [2.45, 2.75) is 25.8 Å². The average molecular weight is 202 g/mol. The van der Waals surface area contributed by atoms with E-state index in [0.29, 0.717) is 5.92 Å². The van der Waals surface area contributed by atoms with Crippen LogP contribution in [0.2, 0.25) is 0 Å². The van der Waals surface area contributed by atoms with Crippen LogP contribution in [0.5, 0.6) is 0 Å². The molecule has 1 fully saturated rings. The number of nitrogens with zero attached hydrogens (tertiary/aromatic N) is 2. The standard InChI is InChI=1S/C12H14N2O/c15-7-10-3-1-2-9-4-11-5-13-8-14(11)6-12(9)10/h4-5,7-8,10,12H,1-3,6H2. The summed E-state index contributed by atoms with van der Waals surface area (Å²) in [4.78, 5) is 15.2. The predicted molar refractivity (Wildman–Crippen MR) is 57.1 cm³/mol. The van der Waals surface area contributed by atoms with E-state index in [2.05, 4.69) is 15.6 Å². The molecule has 3 heteroatoms. The van der Waals surface area contributed by atoms with Crippen LogP contribution in [0.15, 0.2) is 18.1 Å². The van der Waals surface area contributed by atoms with Gasteiger partial charge in [-0.1, -0.05) is 5.57 Å². The Kier molecular flexibility index (Phi) is 1.97. The van der Waals surface area contributed by atoms with Gasteiger partial charge >= 0.3 is 0 Å². The highest BCUT2D eigenvalue weighted by Gasteiger charge is 2.31. The van der Waals surface area contributed by atoms with Crippen LogP contribution in [0, 0.1) is 11.8 Å². The summed E-state index contributed by atoms with van der Waals surface area (Å²) in [6, 6.07) is 0. The number of imidazole rings is 1. The quantitative estimate of drug-likeness (QED) is 0.652. The van der Waals surface area contributed by atoms with Gasteiger partial charge in [-0.3, -0.25) is 0 Å². The normalized spacial score (nSPS) is 28.9. The van der Waals surface area contributed by atoms with E-state index in [1.807, 2.05) is 12.5 Å². The second-order valence-corrected chi connectivity index (χ2v) is 4.49. The number of aromatic nitrogens is 2. The summed E-state index contributed by atoms with van der Waals surface area (Å²) in [6.07, 6.45) is 10.5. The molecule has 1 saturated carbocycles. The van der Waals surface area contributed by atoms with Crippen LogP contribution in [-0.2, 0) is 11.3 Å². The van der Waals surface area contributed by atoms with Crippen molar-refractivity contribution in [3.05, 3.63) is 23.8 Å². The molecule has 1 aromatic heterocycles. The van der Waals surface area contributed by atoms with Gasteiger partial charge in [0, 0.05) is 18.4 Å². The zero-order valence-electron chi connectivity index (χ0n) is 8.60. The first-order valence-corrected chi connectivity index (χ1v) is 5.54. The molecule has 2 heterocycles. The number of carbonyl (C=O) groups is 1. The first-order chi connectivity index (χ1) is 7.38. The summed E-state index contributed by atoms with van der Waals surface area (Å²) in [6.45, 7) is 0.935. The first kappa shape index (κ1) is 8.89. The summed E-state index contributed by atoms with van der Waals surface area (Å²) in [5.74, 6) is 0.651. The van der Waals surface area contributed by atoms with Gasteiger partial charge in [0.25, 0.3) is 0 Å². The molecule has 1 aliphatic heterocycles. The summed E-state index contributed by atoms with van der Waals surface area (Å²) < 4.78 is 2.15. The van der Waals surface area contributed by atoms with Gasteiger partial charge < -0.3 is 9.36 Å². The number of hydrogen-bond acceptors (Lipinski definition) is 2. The molecule has 3 rings (SSSR count). The Balaban J connectivity index is 2.00. The van der Waals surface area contributed by atoms with Crippen molar-refractivity contribution < 1.29 is 4.79 Å². The van der Waals surface area contributed by atoms with Crippen molar-refractivity contribution in [1.82, 2.24) is 9.55 Å². The van der Waals surface area contributed by atoms with Gasteiger partial charge in [-0.05, 0) is 25.3 Å². The van der Waals surface area contributed by atoms with E-state index in [-0.39, 0.29) is 5.92 Å². The van der Waals surface area contributed by atoms with Gasteiger partial charge in [0.1, 0.15) is 6.29 Å². The Hall–Kier alpha value is -1.38. The Labute approximate surface area is 88.8 Å². The van der Waals surface area contributed by atoms with Crippen LogP contribution in [0.3, 0.4) is 0 Å². The topological polar surface area (TPSA) is 34.9 Å². The molecule has 0 radical (unpaired) electrons. The minimum Gasteiger partial charge on any atom is -0.330 e. The molecule has 2 atom stereocenters. The Bertz CT molecular complexity index is 419. The molecule has 2 aliphatic rings. The van der Waals surface area contributed by atoms with Crippen LogP contribution in [0.25, 0.3) is 6.08 Å². The van der Waals surface area contributed by atoms with Crippen molar-refractivity contribution in [2.24, 2.45) is 11.8 Å². The zero-order valence-corrected chi connectivity index (χ0v) is 8.60. The third-order valence-corrected chi connectivity index (χ3v) is 3.64. The fraction of sp³-hybridized carbons (Fsp3) is 0.500. The van der Waals surface area contributed by atoms with Crippen molar-refractivity contribution >= 4 is 12.4 Å². The average Bonchev–Trinajstić information content (AvgIpc) is 2.72. The summed E-state index contributed by atoms with van der Waals surface area (Å²) in [7, 11) is 0. The Morgan fingerprint density at radius 3 is 3.33 bits per heavy atom. The number of allylic oxidation sites excluding steroid dienone is 1. The maximum Gasteiger partial charge on any atom is 0.123 e. The van der Waals surface area contributed by atoms with E-state index >= 15 is 0 Å². The van der Waals surface area contributed by atoms with E-state index in [1.165, 1.54) is 11.3 Å². The lowest BCUT2D eigenvalue weighted by atomic mass is 9.75. The van der Waals surface area contributed by atoms with E-state index < -0.39 is 0 Å². The highest BCUT2D eigenvalue weighted by molar-refractivity contribution is 5.59. The van der Waals surface area contributed by atoms with Gasteiger partial charge in [-0.2, -0.15) is 0 Å². The van der Waals surface area contributed by atoms with E-state index in [0.717, 1.165) is 32.1 Å². The van der Waals surface area contributed by atoms with Crippen LogP contribution in [0.4, 0.5) is 0 Å². The van der Waals surface area contributed by atoms with Crippen LogP contribution >= 0.6 is 0 Å². The highest BCUT2D eigenvalue weighted by Crippen LogP contribution is 2.38. The van der Waals surface area contributed by atoms with Gasteiger partial charge in [0.05, 0.1) is 18.2 Å². The van der Waals surface area contributed by atoms with Gasteiger partial charge in [0.15, 0.2) is 0 Å². The highest BCUT2D eigenvalue weighted by atomic mass is 16.1. The lowest BCUT2D eigenvalue weighted by Crippen LogP contribution is -2.29. The molecule has 1 aromatic rings. The minimum absolute atomic E-state index is 0.223. The Morgan fingerprint density at radius 1 is 1.53 bits per heavy atom. The first-order valence-electron chi connectivity index (χ1n) is 5.54. The number of carbonyl (C=O) groups excluding carboxylic acids is 1. The molecule has 0 saturated heterocycles. The minimum atomic E-state index is 0.223. The molecule has 15 heavy (non-hydrogen) atoms. The molecule has 3 nitrogen and oxygen atoms in total. The van der Waals surface area contributed by atoms with Gasteiger partial charge in [-0.15, -0.1) is 0 Å². The van der Waals surface area contributed by atoms with Crippen LogP contribution < -0.4 is 0 Å². The van der Waals surface area contributed by atoms with E-state index in [1.54, 1.807) is 0 Å². The number of fused-ring (bicyclic) bond motifs is 2. The largest absolute Gasteiger partial charge is 0.330 e. The predicted octanol–water partition coefficient (Wildman–Crippen LogP) is 1.90. The van der Waals surface area contributed by atoms with Crippen molar-refractivity contribution in [1.29, 1.82) is 0 Å². The fourth-order valence-electron chi connectivity index (χ4n) is 2.80. The van der Waals surface area contributed by atoms with E-state index in [9.17, 15) is 4.79 Å². The summed E-state index contributed by atoms with van der Waals surface area (Å²) >= 11 is 0. The third-order valence-electron chi connectivity index (χ3n) is 3.64. The Morgan fingerprint density at radius 2 is 2.47 bits per heavy atom. The maximum absolute atomic E-state index is 11.0. The lowest BCUT2D eigenvalue weighted by Gasteiger charge is -2.34. The second kappa shape index (κ2) is 3.33. The lowest BCUT2D eigenvalue weighted by molar-refractivity contribution is -0.112. The monoisotopic (exact) mass is 202 g/mol. The van der Waals surface area contributed by atoms with Crippen molar-refractivity contribution in [3.63, 3.8) is 0 Å². The fourth-order valence-corrected chi connectivity index (χ4v) is 2.80. The number of rotatable bonds is 1. The van der Waals surface area contributed by atoms with Crippen molar-refractivity contribution in [2.75, 3.05) is 0 Å². The molecule has 0 spiro atoms. The molecule has 2 unspecified atom stereocenters. The molecule has 1 aliphatic carbocycles. The summed E-state index contributed by atoms with van der Waals surface area (Å²) in [5.41, 5.74) is 2.64. The molecule has 0 N–H and O–H groups in total. The number of hydrogen-bond donors (Lipinski definition) is 0. The zero-order chi connectivity index (χ0) is 10.3. The molecular formula is C12H14N2O. The van der Waals surface area contributed by atoms with E-state index in [4.69, 9.17) is 0 Å². The number of aldehydes is 1. The van der Waals surface area contributed by atoms with Crippen LogP contribution in [0.1, 0.15) is 25.0 Å². The van der Waals surface area contributed by atoms with Gasteiger partial charge in [-0.25, -0.2) is 4.98 Å². The SMILES string of the molecule is O=CC1CCCC2=Cc3cncn3CC21. The smallest absolute Gasteiger partial charge is 0.123 e. The van der Waals surface area contributed by atoms with Crippen molar-refractivity contribution in [3.8, 4) is 0 Å².